The van der Waals surface area contributed by atoms with Crippen LogP contribution in [0.2, 0.25) is 10.0 Å². The van der Waals surface area contributed by atoms with E-state index >= 15 is 0 Å². The summed E-state index contributed by atoms with van der Waals surface area (Å²) in [6.07, 6.45) is 1.42. The van der Waals surface area contributed by atoms with Crippen LogP contribution in [0.5, 0.6) is 11.6 Å². The summed E-state index contributed by atoms with van der Waals surface area (Å²) in [6, 6.07) is 12.5. The molecule has 0 aliphatic carbocycles. The van der Waals surface area contributed by atoms with Gasteiger partial charge >= 0.3 is 6.03 Å². The number of benzene rings is 2. The molecule has 0 radical (unpaired) electrons. The van der Waals surface area contributed by atoms with Crippen molar-refractivity contribution in [3.63, 3.8) is 0 Å². The van der Waals surface area contributed by atoms with Gasteiger partial charge in [-0.3, -0.25) is 10.1 Å². The SMILES string of the molecule is Cc1cc(NC(=O)NC(=O)c2c(Cl)cccc2Cl)cc(C)c1Oc1ccc(C#N)cn1. The lowest BCUT2D eigenvalue weighted by atomic mass is 10.1. The smallest absolute Gasteiger partial charge is 0.326 e. The number of imide groups is 1. The second kappa shape index (κ2) is 9.47. The van der Waals surface area contributed by atoms with E-state index in [1.807, 2.05) is 19.9 Å². The van der Waals surface area contributed by atoms with Crippen LogP contribution in [0.4, 0.5) is 10.5 Å². The first-order chi connectivity index (χ1) is 14.8. The number of hydrogen-bond donors (Lipinski definition) is 2. The summed E-state index contributed by atoms with van der Waals surface area (Å²) < 4.78 is 5.82. The highest BCUT2D eigenvalue weighted by Crippen LogP contribution is 2.31. The summed E-state index contributed by atoms with van der Waals surface area (Å²) in [5.41, 5.74) is 2.39. The highest BCUT2D eigenvalue weighted by atomic mass is 35.5. The molecular formula is C22H16Cl2N4O3. The van der Waals surface area contributed by atoms with Crippen molar-refractivity contribution in [2.45, 2.75) is 13.8 Å². The lowest BCUT2D eigenvalue weighted by molar-refractivity contribution is 0.0967. The van der Waals surface area contributed by atoms with E-state index in [9.17, 15) is 9.59 Å². The molecule has 0 atom stereocenters. The Kier molecular flexibility index (Phi) is 6.75. The van der Waals surface area contributed by atoms with Gasteiger partial charge in [0.1, 0.15) is 11.8 Å². The molecule has 1 aromatic heterocycles. The first-order valence-corrected chi connectivity index (χ1v) is 9.75. The number of nitrogens with one attached hydrogen (secondary N) is 2. The summed E-state index contributed by atoms with van der Waals surface area (Å²) in [4.78, 5) is 28.7. The Morgan fingerprint density at radius 1 is 1.06 bits per heavy atom. The number of urea groups is 1. The number of halogens is 2. The number of nitriles is 1. The Hall–Kier alpha value is -3.60. The molecule has 3 aromatic rings. The number of pyridine rings is 1. The highest BCUT2D eigenvalue weighted by molar-refractivity contribution is 6.40. The van der Waals surface area contributed by atoms with Crippen molar-refractivity contribution in [2.75, 3.05) is 5.32 Å². The number of aromatic nitrogens is 1. The van der Waals surface area contributed by atoms with Crippen molar-refractivity contribution in [1.82, 2.24) is 10.3 Å². The number of carbonyl (C=O) groups excluding carboxylic acids is 2. The van der Waals surface area contributed by atoms with Gasteiger partial charge in [-0.2, -0.15) is 5.26 Å². The van der Waals surface area contributed by atoms with Crippen LogP contribution in [0.3, 0.4) is 0 Å². The number of ether oxygens (including phenoxy) is 1. The van der Waals surface area contributed by atoms with E-state index in [2.05, 4.69) is 15.6 Å². The maximum absolute atomic E-state index is 12.3. The number of nitrogens with zero attached hydrogens (tertiary/aromatic N) is 2. The topological polar surface area (TPSA) is 104 Å². The zero-order valence-corrected chi connectivity index (χ0v) is 18.0. The molecule has 0 saturated heterocycles. The van der Waals surface area contributed by atoms with Gasteiger partial charge in [-0.05, 0) is 55.3 Å². The second-order valence-electron chi connectivity index (χ2n) is 6.54. The largest absolute Gasteiger partial charge is 0.438 e. The molecule has 156 valence electrons. The quantitative estimate of drug-likeness (QED) is 0.531. The monoisotopic (exact) mass is 454 g/mol. The Morgan fingerprint density at radius 2 is 1.71 bits per heavy atom. The van der Waals surface area contributed by atoms with Crippen LogP contribution >= 0.6 is 23.2 Å². The standard InChI is InChI=1S/C22H16Cl2N4O3/c1-12-8-15(9-13(2)20(12)31-18-7-6-14(10-25)11-26-18)27-22(30)28-21(29)19-16(23)4-3-5-17(19)24/h3-9,11H,1-2H3,(H2,27,28,29,30). The molecule has 31 heavy (non-hydrogen) atoms. The summed E-state index contributed by atoms with van der Waals surface area (Å²) in [7, 11) is 0. The van der Waals surface area contributed by atoms with Crippen molar-refractivity contribution < 1.29 is 14.3 Å². The lowest BCUT2D eigenvalue weighted by Gasteiger charge is -2.14. The number of aryl methyl sites for hydroxylation is 2. The summed E-state index contributed by atoms with van der Waals surface area (Å²) in [6.45, 7) is 3.62. The second-order valence-corrected chi connectivity index (χ2v) is 7.36. The molecule has 2 N–H and O–H groups in total. The predicted molar refractivity (Wildman–Crippen MR) is 118 cm³/mol. The van der Waals surface area contributed by atoms with E-state index in [0.29, 0.717) is 22.9 Å². The predicted octanol–water partition coefficient (Wildman–Crippen LogP) is 5.63. The molecule has 0 fully saturated rings. The number of carbonyl (C=O) groups is 2. The van der Waals surface area contributed by atoms with Gasteiger partial charge in [0.05, 0.1) is 21.2 Å². The minimum Gasteiger partial charge on any atom is -0.438 e. The van der Waals surface area contributed by atoms with Gasteiger partial charge in [0.15, 0.2) is 0 Å². The fraction of sp³-hybridized carbons (Fsp3) is 0.0909. The van der Waals surface area contributed by atoms with Crippen LogP contribution in [-0.4, -0.2) is 16.9 Å². The summed E-state index contributed by atoms with van der Waals surface area (Å²) in [5.74, 6) is 0.196. The first kappa shape index (κ1) is 22.1. The number of anilines is 1. The third-order valence-electron chi connectivity index (χ3n) is 4.21. The molecule has 3 amide bonds. The fourth-order valence-corrected chi connectivity index (χ4v) is 3.41. The molecular weight excluding hydrogens is 439 g/mol. The van der Waals surface area contributed by atoms with Gasteiger partial charge in [0, 0.05) is 18.0 Å². The molecule has 0 bridgehead atoms. The Labute approximate surface area is 188 Å². The maximum Gasteiger partial charge on any atom is 0.326 e. The van der Waals surface area contributed by atoms with Gasteiger partial charge in [-0.15, -0.1) is 0 Å². The van der Waals surface area contributed by atoms with Crippen molar-refractivity contribution in [1.29, 1.82) is 5.26 Å². The van der Waals surface area contributed by atoms with Gasteiger partial charge in [0.2, 0.25) is 5.88 Å². The molecule has 0 spiro atoms. The van der Waals surface area contributed by atoms with E-state index in [1.54, 1.807) is 30.3 Å². The fourth-order valence-electron chi connectivity index (χ4n) is 2.84. The third kappa shape index (κ3) is 5.31. The summed E-state index contributed by atoms with van der Waals surface area (Å²) >= 11 is 12.0. The van der Waals surface area contributed by atoms with Crippen molar-refractivity contribution in [2.24, 2.45) is 0 Å². The molecule has 7 nitrogen and oxygen atoms in total. The third-order valence-corrected chi connectivity index (χ3v) is 4.84. The van der Waals surface area contributed by atoms with Crippen molar-refractivity contribution in [3.05, 3.63) is 81.0 Å². The molecule has 2 aromatic carbocycles. The van der Waals surface area contributed by atoms with Crippen molar-refractivity contribution >= 4 is 40.8 Å². The van der Waals surface area contributed by atoms with Gasteiger partial charge in [-0.1, -0.05) is 29.3 Å². The average molecular weight is 455 g/mol. The maximum atomic E-state index is 12.3. The van der Waals surface area contributed by atoms with Gasteiger partial charge < -0.3 is 10.1 Å². The van der Waals surface area contributed by atoms with E-state index < -0.39 is 11.9 Å². The first-order valence-electron chi connectivity index (χ1n) is 9.00. The van der Waals surface area contributed by atoms with Crippen LogP contribution in [0.1, 0.15) is 27.0 Å². The van der Waals surface area contributed by atoms with Crippen LogP contribution < -0.4 is 15.4 Å². The molecule has 0 aliphatic heterocycles. The molecule has 1 heterocycles. The molecule has 3 rings (SSSR count). The van der Waals surface area contributed by atoms with E-state index in [0.717, 1.165) is 11.1 Å². The van der Waals surface area contributed by atoms with Crippen LogP contribution in [0, 0.1) is 25.2 Å². The minimum absolute atomic E-state index is 0.0204. The Morgan fingerprint density at radius 3 is 2.26 bits per heavy atom. The number of amides is 3. The van der Waals surface area contributed by atoms with E-state index in [4.69, 9.17) is 33.2 Å². The van der Waals surface area contributed by atoms with E-state index in [1.165, 1.54) is 18.3 Å². The average Bonchev–Trinajstić information content (AvgIpc) is 2.71. The minimum atomic E-state index is -0.734. The molecule has 0 aliphatic rings. The zero-order chi connectivity index (χ0) is 22.5. The Balaban J connectivity index is 1.71. The van der Waals surface area contributed by atoms with Gasteiger partial charge in [0.25, 0.3) is 5.91 Å². The highest BCUT2D eigenvalue weighted by Gasteiger charge is 2.18. The molecule has 9 heteroatoms. The summed E-state index contributed by atoms with van der Waals surface area (Å²) in [5, 5.41) is 13.9. The lowest BCUT2D eigenvalue weighted by Crippen LogP contribution is -2.34. The van der Waals surface area contributed by atoms with Crippen LogP contribution in [0.25, 0.3) is 0 Å². The van der Waals surface area contributed by atoms with Crippen LogP contribution in [0.15, 0.2) is 48.7 Å². The molecule has 0 unspecified atom stereocenters. The van der Waals surface area contributed by atoms with Crippen LogP contribution in [-0.2, 0) is 0 Å². The zero-order valence-electron chi connectivity index (χ0n) is 16.5. The number of rotatable bonds is 4. The normalized spacial score (nSPS) is 10.2. The number of hydrogen-bond acceptors (Lipinski definition) is 5. The van der Waals surface area contributed by atoms with E-state index in [-0.39, 0.29) is 15.6 Å². The van der Waals surface area contributed by atoms with Gasteiger partial charge in [-0.25, -0.2) is 9.78 Å². The van der Waals surface area contributed by atoms with Crippen molar-refractivity contribution in [3.8, 4) is 17.7 Å². The Bertz CT molecular complexity index is 1160. The molecule has 0 saturated carbocycles.